The molecular formula is C18H12F2O2S2. The third kappa shape index (κ3) is 3.20. The first kappa shape index (κ1) is 16.7. The van der Waals surface area contributed by atoms with Crippen LogP contribution in [-0.2, 0) is 0 Å². The van der Waals surface area contributed by atoms with Crippen LogP contribution in [0, 0.1) is 11.6 Å². The molecule has 24 heavy (non-hydrogen) atoms. The van der Waals surface area contributed by atoms with Gasteiger partial charge in [-0.05, 0) is 47.7 Å². The maximum Gasteiger partial charge on any atom is 0.345 e. The highest BCUT2D eigenvalue weighted by Gasteiger charge is 2.17. The number of aromatic carboxylic acids is 1. The fourth-order valence-corrected chi connectivity index (χ4v) is 3.76. The lowest BCUT2D eigenvalue weighted by atomic mass is 10.0. The summed E-state index contributed by atoms with van der Waals surface area (Å²) in [7, 11) is 0. The summed E-state index contributed by atoms with van der Waals surface area (Å²) in [6.45, 7) is 0. The quantitative estimate of drug-likeness (QED) is 0.598. The molecule has 2 aromatic carbocycles. The zero-order valence-electron chi connectivity index (χ0n) is 12.5. The van der Waals surface area contributed by atoms with Crippen molar-refractivity contribution in [1.29, 1.82) is 0 Å². The van der Waals surface area contributed by atoms with Gasteiger partial charge in [0.25, 0.3) is 0 Å². The number of carboxylic acid groups (broad SMARTS) is 1. The number of carbonyl (C=O) groups is 1. The van der Waals surface area contributed by atoms with Crippen LogP contribution in [0.5, 0.6) is 0 Å². The van der Waals surface area contributed by atoms with E-state index >= 15 is 0 Å². The van der Waals surface area contributed by atoms with Crippen molar-refractivity contribution >= 4 is 29.1 Å². The summed E-state index contributed by atoms with van der Waals surface area (Å²) in [5, 5.41) is 9.27. The first-order valence-electron chi connectivity index (χ1n) is 6.96. The van der Waals surface area contributed by atoms with Gasteiger partial charge in [-0.2, -0.15) is 0 Å². The fraction of sp³-hybridized carbons (Fsp3) is 0.0556. The van der Waals surface area contributed by atoms with E-state index in [1.807, 2.05) is 30.5 Å². The van der Waals surface area contributed by atoms with Gasteiger partial charge in [-0.3, -0.25) is 0 Å². The molecule has 0 saturated heterocycles. The largest absolute Gasteiger partial charge is 0.477 e. The molecule has 0 saturated carbocycles. The molecule has 1 aromatic heterocycles. The van der Waals surface area contributed by atoms with Crippen LogP contribution in [0.3, 0.4) is 0 Å². The summed E-state index contributed by atoms with van der Waals surface area (Å²) in [6.07, 6.45) is 1.97. The molecule has 0 spiro atoms. The number of thioether (sulfide) groups is 1. The van der Waals surface area contributed by atoms with E-state index in [1.54, 1.807) is 17.8 Å². The first-order valence-corrected chi connectivity index (χ1v) is 9.00. The Hall–Kier alpha value is -2.18. The molecule has 0 radical (unpaired) electrons. The fourth-order valence-electron chi connectivity index (χ4n) is 2.33. The lowest BCUT2D eigenvalue weighted by Crippen LogP contribution is -1.89. The van der Waals surface area contributed by atoms with Crippen molar-refractivity contribution in [3.63, 3.8) is 0 Å². The molecule has 2 nitrogen and oxygen atoms in total. The molecule has 3 rings (SSSR count). The first-order chi connectivity index (χ1) is 11.5. The van der Waals surface area contributed by atoms with Gasteiger partial charge in [0.1, 0.15) is 4.88 Å². The van der Waals surface area contributed by atoms with Crippen molar-refractivity contribution in [2.75, 3.05) is 6.26 Å². The van der Waals surface area contributed by atoms with E-state index in [4.69, 9.17) is 0 Å². The lowest BCUT2D eigenvalue weighted by Gasteiger charge is -2.06. The second kappa shape index (κ2) is 6.75. The predicted molar refractivity (Wildman–Crippen MR) is 93.8 cm³/mol. The van der Waals surface area contributed by atoms with Gasteiger partial charge in [0, 0.05) is 15.3 Å². The standard InChI is InChI=1S/C18H12F2O2S2/c1-23-12-5-2-10(3-6-12)13-9-16(18(21)22)24-17(13)11-4-7-14(19)15(20)8-11/h2-9H,1H3,(H,21,22). The zero-order valence-corrected chi connectivity index (χ0v) is 14.2. The Labute approximate surface area is 145 Å². The van der Waals surface area contributed by atoms with Gasteiger partial charge in [-0.25, -0.2) is 13.6 Å². The summed E-state index contributed by atoms with van der Waals surface area (Å²) in [5.41, 5.74) is 1.97. The van der Waals surface area contributed by atoms with Crippen LogP contribution in [0.4, 0.5) is 8.78 Å². The number of thiophene rings is 1. The minimum atomic E-state index is -1.05. The van der Waals surface area contributed by atoms with Crippen molar-refractivity contribution in [2.45, 2.75) is 4.90 Å². The summed E-state index contributed by atoms with van der Waals surface area (Å²) >= 11 is 2.65. The molecule has 0 atom stereocenters. The maximum atomic E-state index is 13.6. The highest BCUT2D eigenvalue weighted by molar-refractivity contribution is 7.98. The van der Waals surface area contributed by atoms with Crippen LogP contribution >= 0.6 is 23.1 Å². The van der Waals surface area contributed by atoms with Crippen molar-refractivity contribution in [3.05, 3.63) is 65.0 Å². The lowest BCUT2D eigenvalue weighted by molar-refractivity contribution is 0.0702. The van der Waals surface area contributed by atoms with Crippen LogP contribution in [0.2, 0.25) is 0 Å². The zero-order chi connectivity index (χ0) is 17.3. The maximum absolute atomic E-state index is 13.6. The van der Waals surface area contributed by atoms with Crippen LogP contribution in [-0.4, -0.2) is 17.3 Å². The number of carboxylic acids is 1. The van der Waals surface area contributed by atoms with Gasteiger partial charge in [0.05, 0.1) is 0 Å². The number of rotatable bonds is 4. The van der Waals surface area contributed by atoms with Crippen LogP contribution in [0.1, 0.15) is 9.67 Å². The van der Waals surface area contributed by atoms with Crippen molar-refractivity contribution < 1.29 is 18.7 Å². The number of hydrogen-bond acceptors (Lipinski definition) is 3. The SMILES string of the molecule is CSc1ccc(-c2cc(C(=O)O)sc2-c2ccc(F)c(F)c2)cc1. The van der Waals surface area contributed by atoms with Gasteiger partial charge >= 0.3 is 5.97 Å². The van der Waals surface area contributed by atoms with Crippen LogP contribution < -0.4 is 0 Å². The second-order valence-electron chi connectivity index (χ2n) is 5.02. The third-order valence-corrected chi connectivity index (χ3v) is 5.44. The van der Waals surface area contributed by atoms with E-state index in [0.717, 1.165) is 33.9 Å². The van der Waals surface area contributed by atoms with E-state index in [-0.39, 0.29) is 4.88 Å². The molecule has 0 aliphatic rings. The van der Waals surface area contributed by atoms with Gasteiger partial charge in [0.15, 0.2) is 11.6 Å². The minimum Gasteiger partial charge on any atom is -0.477 e. The Kier molecular flexibility index (Phi) is 4.69. The van der Waals surface area contributed by atoms with Gasteiger partial charge in [0.2, 0.25) is 0 Å². The van der Waals surface area contributed by atoms with Crippen molar-refractivity contribution in [2.24, 2.45) is 0 Å². The van der Waals surface area contributed by atoms with E-state index < -0.39 is 17.6 Å². The molecule has 0 aliphatic carbocycles. The molecule has 6 heteroatoms. The monoisotopic (exact) mass is 362 g/mol. The molecule has 3 aromatic rings. The molecule has 0 unspecified atom stereocenters. The predicted octanol–water partition coefficient (Wildman–Crippen LogP) is 5.78. The molecule has 1 N–H and O–H groups in total. The molecule has 0 fully saturated rings. The highest BCUT2D eigenvalue weighted by atomic mass is 32.2. The summed E-state index contributed by atoms with van der Waals surface area (Å²) in [6, 6.07) is 12.8. The average molecular weight is 362 g/mol. The van der Waals surface area contributed by atoms with Crippen molar-refractivity contribution in [3.8, 4) is 21.6 Å². The summed E-state index contributed by atoms with van der Waals surface area (Å²) in [5.74, 6) is -2.93. The van der Waals surface area contributed by atoms with E-state index in [9.17, 15) is 18.7 Å². The van der Waals surface area contributed by atoms with E-state index in [2.05, 4.69) is 0 Å². The highest BCUT2D eigenvalue weighted by Crippen LogP contribution is 2.40. The van der Waals surface area contributed by atoms with E-state index in [0.29, 0.717) is 16.0 Å². The Morgan fingerprint density at radius 2 is 1.67 bits per heavy atom. The second-order valence-corrected chi connectivity index (χ2v) is 6.95. The minimum absolute atomic E-state index is 0.152. The van der Waals surface area contributed by atoms with Crippen molar-refractivity contribution in [1.82, 2.24) is 0 Å². The molecule has 122 valence electrons. The number of halogens is 2. The topological polar surface area (TPSA) is 37.3 Å². The third-order valence-electron chi connectivity index (χ3n) is 3.53. The molecule has 0 aliphatic heterocycles. The average Bonchev–Trinajstić information content (AvgIpc) is 3.03. The normalized spacial score (nSPS) is 10.8. The smallest absolute Gasteiger partial charge is 0.345 e. The summed E-state index contributed by atoms with van der Waals surface area (Å²) < 4.78 is 26.8. The van der Waals surface area contributed by atoms with Crippen LogP contribution in [0.25, 0.3) is 21.6 Å². The Morgan fingerprint density at radius 3 is 2.25 bits per heavy atom. The van der Waals surface area contributed by atoms with Crippen LogP contribution in [0.15, 0.2) is 53.4 Å². The van der Waals surface area contributed by atoms with Gasteiger partial charge < -0.3 is 5.11 Å². The number of benzene rings is 2. The molecule has 0 amide bonds. The van der Waals surface area contributed by atoms with E-state index in [1.165, 1.54) is 6.07 Å². The number of hydrogen-bond donors (Lipinski definition) is 1. The van der Waals surface area contributed by atoms with Gasteiger partial charge in [-0.1, -0.05) is 18.2 Å². The Bertz CT molecular complexity index is 902. The Balaban J connectivity index is 2.16. The summed E-state index contributed by atoms with van der Waals surface area (Å²) in [4.78, 5) is 13.2. The molecule has 1 heterocycles. The molecular weight excluding hydrogens is 350 g/mol. The molecule has 0 bridgehead atoms. The Morgan fingerprint density at radius 1 is 1.00 bits per heavy atom. The van der Waals surface area contributed by atoms with Gasteiger partial charge in [-0.15, -0.1) is 23.1 Å².